The molecule has 0 unspecified atom stereocenters. The summed E-state index contributed by atoms with van der Waals surface area (Å²) in [5, 5.41) is 16.8. The number of aliphatic hydroxyl groups is 1. The van der Waals surface area contributed by atoms with E-state index in [1.807, 2.05) is 6.20 Å². The molecule has 2 aliphatic rings. The van der Waals surface area contributed by atoms with Gasteiger partial charge in [-0.3, -0.25) is 10.00 Å². The fourth-order valence-electron chi connectivity index (χ4n) is 3.79. The van der Waals surface area contributed by atoms with E-state index in [0.29, 0.717) is 24.5 Å². The van der Waals surface area contributed by atoms with Gasteiger partial charge in [0.1, 0.15) is 0 Å². The van der Waals surface area contributed by atoms with E-state index in [0.717, 1.165) is 25.9 Å². The van der Waals surface area contributed by atoms with Gasteiger partial charge in [-0.15, -0.1) is 0 Å². The third-order valence-electron chi connectivity index (χ3n) is 4.61. The summed E-state index contributed by atoms with van der Waals surface area (Å²) < 4.78 is 0. The Morgan fingerprint density at radius 3 is 3.17 bits per heavy atom. The van der Waals surface area contributed by atoms with E-state index in [-0.39, 0.29) is 0 Å². The number of nitrogens with zero attached hydrogens (tertiary/aromatic N) is 2. The maximum Gasteiger partial charge on any atom is 0.0522 e. The van der Waals surface area contributed by atoms with Crippen LogP contribution in [0.25, 0.3) is 0 Å². The highest BCUT2D eigenvalue weighted by Crippen LogP contribution is 2.36. The highest BCUT2D eigenvalue weighted by Gasteiger charge is 2.39. The van der Waals surface area contributed by atoms with Gasteiger partial charge >= 0.3 is 0 Å². The molecule has 1 fully saturated rings. The van der Waals surface area contributed by atoms with Crippen molar-refractivity contribution in [2.45, 2.75) is 38.6 Å². The Balaban J connectivity index is 1.81. The van der Waals surface area contributed by atoms with Gasteiger partial charge in [0.2, 0.25) is 0 Å². The summed E-state index contributed by atoms with van der Waals surface area (Å²) >= 11 is 0. The predicted molar refractivity (Wildman–Crippen MR) is 70.3 cm³/mol. The van der Waals surface area contributed by atoms with Crippen LogP contribution in [0.4, 0.5) is 0 Å². The first-order valence-electron chi connectivity index (χ1n) is 7.17. The molecule has 3 atom stereocenters. The fraction of sp³-hybridized carbons (Fsp3) is 0.786. The molecule has 1 aliphatic heterocycles. The fourth-order valence-corrected chi connectivity index (χ4v) is 3.79. The molecular weight excluding hydrogens is 226 g/mol. The van der Waals surface area contributed by atoms with Crippen molar-refractivity contribution in [2.75, 3.05) is 19.7 Å². The minimum Gasteiger partial charge on any atom is -0.396 e. The zero-order chi connectivity index (χ0) is 12.5. The van der Waals surface area contributed by atoms with Gasteiger partial charge in [-0.2, -0.15) is 5.10 Å². The maximum absolute atomic E-state index is 9.48. The molecular formula is C14H23N3O. The largest absolute Gasteiger partial charge is 0.396 e. The van der Waals surface area contributed by atoms with Crippen molar-refractivity contribution >= 4 is 0 Å². The van der Waals surface area contributed by atoms with Gasteiger partial charge in [0, 0.05) is 24.9 Å². The van der Waals surface area contributed by atoms with Crippen LogP contribution in [0.15, 0.2) is 6.20 Å². The van der Waals surface area contributed by atoms with Gasteiger partial charge in [-0.25, -0.2) is 0 Å². The van der Waals surface area contributed by atoms with Crippen molar-refractivity contribution in [1.29, 1.82) is 0 Å². The molecule has 4 nitrogen and oxygen atoms in total. The Hall–Kier alpha value is -0.870. The number of rotatable bonds is 3. The molecule has 2 heterocycles. The van der Waals surface area contributed by atoms with E-state index in [2.05, 4.69) is 22.0 Å². The molecule has 18 heavy (non-hydrogen) atoms. The van der Waals surface area contributed by atoms with Crippen LogP contribution < -0.4 is 0 Å². The third kappa shape index (κ3) is 2.08. The first-order valence-corrected chi connectivity index (χ1v) is 7.17. The van der Waals surface area contributed by atoms with E-state index in [1.165, 1.54) is 24.1 Å². The minimum atomic E-state index is 0.333. The van der Waals surface area contributed by atoms with Gasteiger partial charge in [0.25, 0.3) is 0 Å². The number of likely N-dealkylation sites (tertiary alicyclic amines) is 1. The van der Waals surface area contributed by atoms with Crippen molar-refractivity contribution in [2.24, 2.45) is 11.8 Å². The zero-order valence-electron chi connectivity index (χ0n) is 11.1. The highest BCUT2D eigenvalue weighted by atomic mass is 16.3. The lowest BCUT2D eigenvalue weighted by Gasteiger charge is -2.46. The average Bonchev–Trinajstić information content (AvgIpc) is 2.83. The van der Waals surface area contributed by atoms with Gasteiger partial charge in [0.15, 0.2) is 0 Å². The predicted octanol–water partition coefficient (Wildman–Crippen LogP) is 1.22. The van der Waals surface area contributed by atoms with Gasteiger partial charge < -0.3 is 5.11 Å². The monoisotopic (exact) mass is 249 g/mol. The number of fused-ring (bicyclic) bond motifs is 2. The Bertz CT molecular complexity index is 403. The van der Waals surface area contributed by atoms with Crippen LogP contribution in [-0.2, 0) is 12.8 Å². The van der Waals surface area contributed by atoms with E-state index >= 15 is 0 Å². The summed E-state index contributed by atoms with van der Waals surface area (Å²) in [6.07, 6.45) is 6.60. The van der Waals surface area contributed by atoms with E-state index in [1.54, 1.807) is 0 Å². The minimum absolute atomic E-state index is 0.333. The zero-order valence-corrected chi connectivity index (χ0v) is 11.1. The average molecular weight is 249 g/mol. The molecule has 0 bridgehead atoms. The summed E-state index contributed by atoms with van der Waals surface area (Å²) in [5.41, 5.74) is 2.73. The van der Waals surface area contributed by atoms with E-state index in [4.69, 9.17) is 0 Å². The summed E-state index contributed by atoms with van der Waals surface area (Å²) in [4.78, 5) is 2.60. The Morgan fingerprint density at radius 1 is 1.50 bits per heavy atom. The summed E-state index contributed by atoms with van der Waals surface area (Å²) in [5.74, 6) is 1.15. The number of hydrogen-bond donors (Lipinski definition) is 2. The number of aromatic amines is 1. The molecule has 4 heteroatoms. The summed E-state index contributed by atoms with van der Waals surface area (Å²) in [7, 11) is 0. The molecule has 1 aromatic heterocycles. The lowest BCUT2D eigenvalue weighted by Crippen LogP contribution is -2.52. The second-order valence-corrected chi connectivity index (χ2v) is 5.89. The molecule has 3 rings (SSSR count). The van der Waals surface area contributed by atoms with E-state index < -0.39 is 0 Å². The van der Waals surface area contributed by atoms with Crippen molar-refractivity contribution in [3.63, 3.8) is 0 Å². The van der Waals surface area contributed by atoms with Gasteiger partial charge in [-0.05, 0) is 49.6 Å². The van der Waals surface area contributed by atoms with Crippen molar-refractivity contribution in [3.8, 4) is 0 Å². The quantitative estimate of drug-likeness (QED) is 0.847. The summed E-state index contributed by atoms with van der Waals surface area (Å²) in [6, 6.07) is 0.665. The summed E-state index contributed by atoms with van der Waals surface area (Å²) in [6.45, 7) is 4.80. The number of piperidine rings is 1. The first kappa shape index (κ1) is 12.2. The number of H-pyrrole nitrogens is 1. The lowest BCUT2D eigenvalue weighted by atomic mass is 9.74. The number of nitrogens with one attached hydrogen (secondary N) is 1. The maximum atomic E-state index is 9.48. The molecule has 0 saturated carbocycles. The second-order valence-electron chi connectivity index (χ2n) is 5.89. The topological polar surface area (TPSA) is 52.1 Å². The van der Waals surface area contributed by atoms with Crippen LogP contribution in [0.1, 0.15) is 31.0 Å². The van der Waals surface area contributed by atoms with Gasteiger partial charge in [-0.1, -0.05) is 6.92 Å². The molecule has 1 aromatic rings. The molecule has 0 aromatic carbocycles. The van der Waals surface area contributed by atoms with Crippen molar-refractivity contribution in [3.05, 3.63) is 17.5 Å². The van der Waals surface area contributed by atoms with Crippen LogP contribution in [0.5, 0.6) is 0 Å². The molecule has 2 N–H and O–H groups in total. The molecule has 0 spiro atoms. The van der Waals surface area contributed by atoms with Crippen molar-refractivity contribution < 1.29 is 5.11 Å². The second kappa shape index (κ2) is 5.02. The van der Waals surface area contributed by atoms with Crippen LogP contribution in [0.3, 0.4) is 0 Å². The van der Waals surface area contributed by atoms with E-state index in [9.17, 15) is 5.11 Å². The standard InChI is InChI=1S/C14H23N3O/c1-2-3-17-8-10(9-18)4-11-5-13-12(6-14(11)17)7-15-16-13/h7,10-11,14,18H,2-6,8-9H2,1H3,(H,15,16)/t10-,11+,14+/m1/s1. The van der Waals surface area contributed by atoms with Crippen LogP contribution >= 0.6 is 0 Å². The third-order valence-corrected chi connectivity index (χ3v) is 4.61. The molecule has 0 amide bonds. The van der Waals surface area contributed by atoms with Gasteiger partial charge in [0.05, 0.1) is 6.20 Å². The first-order chi connectivity index (χ1) is 8.81. The van der Waals surface area contributed by atoms with Crippen molar-refractivity contribution in [1.82, 2.24) is 15.1 Å². The van der Waals surface area contributed by atoms with Crippen LogP contribution in [0.2, 0.25) is 0 Å². The Kier molecular flexibility index (Phi) is 3.39. The number of hydrogen-bond acceptors (Lipinski definition) is 3. The Labute approximate surface area is 108 Å². The number of aliphatic hydroxyl groups excluding tert-OH is 1. The SMILES string of the molecule is CCCN1C[C@H](CO)C[C@H]2Cc3[nH]ncc3C[C@@H]21. The Morgan fingerprint density at radius 2 is 2.39 bits per heavy atom. The van der Waals surface area contributed by atoms with Crippen LogP contribution in [-0.4, -0.2) is 45.9 Å². The normalized spacial score (nSPS) is 32.0. The smallest absolute Gasteiger partial charge is 0.0522 e. The highest BCUT2D eigenvalue weighted by molar-refractivity contribution is 5.23. The lowest BCUT2D eigenvalue weighted by molar-refractivity contribution is 0.0270. The molecule has 100 valence electrons. The molecule has 1 saturated heterocycles. The van der Waals surface area contributed by atoms with Crippen LogP contribution in [0, 0.1) is 11.8 Å². The number of aromatic nitrogens is 2. The molecule has 1 aliphatic carbocycles. The molecule has 0 radical (unpaired) electrons.